The topological polar surface area (TPSA) is 47.3 Å². The average Bonchev–Trinajstić information content (AvgIpc) is 2.35. The van der Waals surface area contributed by atoms with Gasteiger partial charge in [0.1, 0.15) is 4.99 Å². The van der Waals surface area contributed by atoms with Gasteiger partial charge in [-0.15, -0.1) is 0 Å². The number of anilines is 1. The highest BCUT2D eigenvalue weighted by molar-refractivity contribution is 7.80. The average molecular weight is 306 g/mol. The molecule has 20 heavy (non-hydrogen) atoms. The Balaban J connectivity index is 2.94. The molecule has 7 heteroatoms. The number of ether oxygens (including phenoxy) is 1. The number of hydrogen-bond donors (Lipinski definition) is 2. The van der Waals surface area contributed by atoms with Crippen molar-refractivity contribution in [2.45, 2.75) is 13.1 Å². The first-order valence-electron chi connectivity index (χ1n) is 5.99. The Morgan fingerprint density at radius 2 is 2.10 bits per heavy atom. The molecule has 0 spiro atoms. The maximum absolute atomic E-state index is 12.7. The van der Waals surface area contributed by atoms with E-state index in [1.807, 2.05) is 6.92 Å². The molecule has 0 saturated heterocycles. The molecule has 0 amide bonds. The van der Waals surface area contributed by atoms with Crippen LogP contribution in [0.1, 0.15) is 18.1 Å². The molecule has 1 unspecified atom stereocenters. The summed E-state index contributed by atoms with van der Waals surface area (Å²) in [5.74, 6) is 0.210. The molecule has 1 aromatic carbocycles. The van der Waals surface area contributed by atoms with Gasteiger partial charge in [-0.05, 0) is 24.1 Å². The van der Waals surface area contributed by atoms with Crippen LogP contribution in [0.25, 0.3) is 0 Å². The van der Waals surface area contributed by atoms with E-state index in [1.165, 1.54) is 6.07 Å². The third kappa shape index (κ3) is 4.64. The zero-order valence-electron chi connectivity index (χ0n) is 11.3. The number of halogens is 3. The van der Waals surface area contributed by atoms with Gasteiger partial charge < -0.3 is 15.8 Å². The standard InChI is InChI=1S/C13H17F3N2OS/c1-8(7-19-2)6-18-11-4-3-9(13(14,15)16)5-10(11)12(17)20/h3-5,8,18H,6-7H2,1-2H3,(H2,17,20). The van der Waals surface area contributed by atoms with E-state index in [4.69, 9.17) is 22.7 Å². The van der Waals surface area contributed by atoms with Crippen LogP contribution < -0.4 is 11.1 Å². The molecule has 0 radical (unpaired) electrons. The van der Waals surface area contributed by atoms with Crippen LogP contribution in [0.4, 0.5) is 18.9 Å². The van der Waals surface area contributed by atoms with Crippen LogP contribution in [-0.4, -0.2) is 25.2 Å². The zero-order chi connectivity index (χ0) is 15.3. The largest absolute Gasteiger partial charge is 0.416 e. The van der Waals surface area contributed by atoms with Gasteiger partial charge in [-0.1, -0.05) is 19.1 Å². The van der Waals surface area contributed by atoms with Crippen LogP contribution in [0.3, 0.4) is 0 Å². The smallest absolute Gasteiger partial charge is 0.389 e. The Morgan fingerprint density at radius 1 is 1.45 bits per heavy atom. The molecule has 1 rings (SSSR count). The molecule has 0 heterocycles. The molecule has 1 atom stereocenters. The molecule has 3 N–H and O–H groups in total. The maximum atomic E-state index is 12.7. The number of thiocarbonyl (C=S) groups is 1. The van der Waals surface area contributed by atoms with E-state index >= 15 is 0 Å². The lowest BCUT2D eigenvalue weighted by Crippen LogP contribution is -2.20. The summed E-state index contributed by atoms with van der Waals surface area (Å²) < 4.78 is 43.0. The van der Waals surface area contributed by atoms with Gasteiger partial charge in [-0.25, -0.2) is 0 Å². The Hall–Kier alpha value is -1.34. The van der Waals surface area contributed by atoms with Gasteiger partial charge in [0.05, 0.1) is 12.2 Å². The molecule has 0 aliphatic rings. The fourth-order valence-corrected chi connectivity index (χ4v) is 1.88. The van der Waals surface area contributed by atoms with Crippen molar-refractivity contribution in [2.75, 3.05) is 25.6 Å². The van der Waals surface area contributed by atoms with E-state index in [1.54, 1.807) is 7.11 Å². The molecule has 1 aromatic rings. The summed E-state index contributed by atoms with van der Waals surface area (Å²) >= 11 is 4.81. The van der Waals surface area contributed by atoms with Gasteiger partial charge in [0.25, 0.3) is 0 Å². The lowest BCUT2D eigenvalue weighted by atomic mass is 10.1. The molecule has 0 fully saturated rings. The third-order valence-corrected chi connectivity index (χ3v) is 2.92. The van der Waals surface area contributed by atoms with Crippen LogP contribution in [0.5, 0.6) is 0 Å². The van der Waals surface area contributed by atoms with Crippen molar-refractivity contribution in [1.29, 1.82) is 0 Å². The molecular weight excluding hydrogens is 289 g/mol. The fraction of sp³-hybridized carbons (Fsp3) is 0.462. The van der Waals surface area contributed by atoms with Crippen LogP contribution in [-0.2, 0) is 10.9 Å². The highest BCUT2D eigenvalue weighted by Crippen LogP contribution is 2.31. The first-order chi connectivity index (χ1) is 9.25. The molecular formula is C13H17F3N2OS. The predicted molar refractivity (Wildman–Crippen MR) is 76.9 cm³/mol. The van der Waals surface area contributed by atoms with E-state index in [9.17, 15) is 13.2 Å². The normalized spacial score (nSPS) is 13.1. The van der Waals surface area contributed by atoms with Gasteiger partial charge in [0.2, 0.25) is 0 Å². The number of methoxy groups -OCH3 is 1. The van der Waals surface area contributed by atoms with Gasteiger partial charge in [0.15, 0.2) is 0 Å². The second-order valence-electron chi connectivity index (χ2n) is 4.56. The molecule has 0 saturated carbocycles. The minimum absolute atomic E-state index is 0.0713. The summed E-state index contributed by atoms with van der Waals surface area (Å²) in [4.78, 5) is -0.0713. The van der Waals surface area contributed by atoms with E-state index in [0.717, 1.165) is 12.1 Å². The minimum Gasteiger partial charge on any atom is -0.389 e. The lowest BCUT2D eigenvalue weighted by molar-refractivity contribution is -0.137. The van der Waals surface area contributed by atoms with Gasteiger partial charge >= 0.3 is 6.18 Å². The maximum Gasteiger partial charge on any atom is 0.416 e. The van der Waals surface area contributed by atoms with E-state index in [-0.39, 0.29) is 16.5 Å². The Bertz CT molecular complexity index is 477. The van der Waals surface area contributed by atoms with Crippen molar-refractivity contribution >= 4 is 22.9 Å². The number of rotatable bonds is 6. The number of nitrogens with two attached hydrogens (primary N) is 1. The second-order valence-corrected chi connectivity index (χ2v) is 5.00. The molecule has 3 nitrogen and oxygen atoms in total. The lowest BCUT2D eigenvalue weighted by Gasteiger charge is -2.17. The van der Waals surface area contributed by atoms with E-state index in [2.05, 4.69) is 5.32 Å². The van der Waals surface area contributed by atoms with E-state index in [0.29, 0.717) is 18.8 Å². The molecule has 0 aliphatic heterocycles. The summed E-state index contributed by atoms with van der Waals surface area (Å²) in [7, 11) is 1.59. The molecule has 112 valence electrons. The zero-order valence-corrected chi connectivity index (χ0v) is 12.1. The van der Waals surface area contributed by atoms with Crippen LogP contribution >= 0.6 is 12.2 Å². The van der Waals surface area contributed by atoms with Crippen molar-refractivity contribution in [3.05, 3.63) is 29.3 Å². The highest BCUT2D eigenvalue weighted by Gasteiger charge is 2.31. The first-order valence-corrected chi connectivity index (χ1v) is 6.40. The Kier molecular flexibility index (Phi) is 5.76. The Morgan fingerprint density at radius 3 is 2.60 bits per heavy atom. The second kappa shape index (κ2) is 6.90. The third-order valence-electron chi connectivity index (χ3n) is 2.70. The highest BCUT2D eigenvalue weighted by atomic mass is 32.1. The molecule has 0 aromatic heterocycles. The summed E-state index contributed by atoms with van der Waals surface area (Å²) in [5, 5.41) is 3.04. The summed E-state index contributed by atoms with van der Waals surface area (Å²) in [5.41, 5.74) is 5.41. The minimum atomic E-state index is -4.42. The van der Waals surface area contributed by atoms with Crippen molar-refractivity contribution < 1.29 is 17.9 Å². The quantitative estimate of drug-likeness (QED) is 0.793. The van der Waals surface area contributed by atoms with Crippen molar-refractivity contribution in [3.8, 4) is 0 Å². The summed E-state index contributed by atoms with van der Waals surface area (Å²) in [6, 6.07) is 3.31. The summed E-state index contributed by atoms with van der Waals surface area (Å²) in [6.45, 7) is 3.06. The van der Waals surface area contributed by atoms with Crippen LogP contribution in [0.2, 0.25) is 0 Å². The Labute approximate surface area is 121 Å². The monoisotopic (exact) mass is 306 g/mol. The summed E-state index contributed by atoms with van der Waals surface area (Å²) in [6.07, 6.45) is -4.42. The first kappa shape index (κ1) is 16.7. The SMILES string of the molecule is COCC(C)CNc1ccc(C(F)(F)F)cc1C(N)=S. The number of benzene rings is 1. The van der Waals surface area contributed by atoms with Gasteiger partial charge in [0, 0.05) is 24.9 Å². The van der Waals surface area contributed by atoms with Gasteiger partial charge in [-0.3, -0.25) is 0 Å². The van der Waals surface area contributed by atoms with Crippen molar-refractivity contribution in [1.82, 2.24) is 0 Å². The van der Waals surface area contributed by atoms with Crippen LogP contribution in [0.15, 0.2) is 18.2 Å². The van der Waals surface area contributed by atoms with Crippen LogP contribution in [0, 0.1) is 5.92 Å². The van der Waals surface area contributed by atoms with E-state index < -0.39 is 11.7 Å². The number of alkyl halides is 3. The van der Waals surface area contributed by atoms with Gasteiger partial charge in [-0.2, -0.15) is 13.2 Å². The molecule has 0 bridgehead atoms. The molecule has 0 aliphatic carbocycles. The predicted octanol–water partition coefficient (Wildman–Crippen LogP) is 3.03. The van der Waals surface area contributed by atoms with Crippen molar-refractivity contribution in [2.24, 2.45) is 11.7 Å². The number of hydrogen-bond acceptors (Lipinski definition) is 3. The number of nitrogens with one attached hydrogen (secondary N) is 1. The fourth-order valence-electron chi connectivity index (χ4n) is 1.71. The van der Waals surface area contributed by atoms with Crippen molar-refractivity contribution in [3.63, 3.8) is 0 Å².